The maximum absolute atomic E-state index is 13.6. The van der Waals surface area contributed by atoms with Gasteiger partial charge in [0.05, 0.1) is 0 Å². The first-order valence-corrected chi connectivity index (χ1v) is 23.2. The molecule has 0 fully saturated rings. The summed E-state index contributed by atoms with van der Waals surface area (Å²) in [6.07, 6.45) is -14.7. The molecule has 1 unspecified atom stereocenters. The molecule has 0 aromatic rings. The van der Waals surface area contributed by atoms with Crippen molar-refractivity contribution < 1.29 is 58.1 Å². The molecule has 0 bridgehead atoms. The Morgan fingerprint density at radius 3 is 1.39 bits per heavy atom. The van der Waals surface area contributed by atoms with E-state index in [0.717, 1.165) is 0 Å². The van der Waals surface area contributed by atoms with Gasteiger partial charge in [-0.1, -0.05) is 0 Å². The van der Waals surface area contributed by atoms with Crippen LogP contribution in [0.1, 0.15) is 6.42 Å². The molecule has 1 N–H and O–H groups in total. The molecule has 0 saturated heterocycles. The second kappa shape index (κ2) is 12.2. The van der Waals surface area contributed by atoms with Gasteiger partial charge < -0.3 is 22.2 Å². The van der Waals surface area contributed by atoms with Crippen LogP contribution < -0.4 is 0 Å². The van der Waals surface area contributed by atoms with Gasteiger partial charge >= 0.3 is 33.1 Å². The lowest BCUT2D eigenvalue weighted by atomic mass is 9.98. The summed E-state index contributed by atoms with van der Waals surface area (Å²) >= 11 is 0. The van der Waals surface area contributed by atoms with Gasteiger partial charge in [-0.15, -0.1) is 0 Å². The third-order valence-electron chi connectivity index (χ3n) is 3.83. The first-order valence-electron chi connectivity index (χ1n) is 11.0. The van der Waals surface area contributed by atoms with E-state index in [1.165, 1.54) is 0 Å². The summed E-state index contributed by atoms with van der Waals surface area (Å²) in [6.45, 7) is 16.1. The normalized spacial score (nSPS) is 15.4. The lowest BCUT2D eigenvalue weighted by molar-refractivity contribution is -0.307. The van der Waals surface area contributed by atoms with E-state index >= 15 is 0 Å². The van der Waals surface area contributed by atoms with Gasteiger partial charge in [0, 0.05) is 18.2 Å². The highest BCUT2D eigenvalue weighted by Crippen LogP contribution is 2.44. The van der Waals surface area contributed by atoms with Gasteiger partial charge in [0.25, 0.3) is 0 Å². The summed E-state index contributed by atoms with van der Waals surface area (Å²) in [4.78, 5) is 22.6. The largest absolute Gasteiger partial charge is 0.478 e. The number of aliphatic carboxylic acids is 1. The van der Waals surface area contributed by atoms with Crippen LogP contribution in [0.3, 0.4) is 0 Å². The van der Waals surface area contributed by atoms with Crippen LogP contribution in [-0.4, -0.2) is 69.3 Å². The van der Waals surface area contributed by atoms with E-state index in [1.54, 1.807) is 58.9 Å². The minimum Gasteiger partial charge on any atom is -0.478 e. The van der Waals surface area contributed by atoms with E-state index in [9.17, 15) is 35.9 Å². The van der Waals surface area contributed by atoms with Crippen molar-refractivity contribution >= 4 is 45.7 Å². The molecule has 7 nitrogen and oxygen atoms in total. The van der Waals surface area contributed by atoms with E-state index in [0.29, 0.717) is 0 Å². The molecule has 0 amide bonds. The van der Waals surface area contributed by atoms with Gasteiger partial charge in [0.2, 0.25) is 0 Å². The van der Waals surface area contributed by atoms with Crippen LogP contribution in [0.5, 0.6) is 0 Å². The molecule has 36 heavy (non-hydrogen) atoms. The molecule has 0 saturated carbocycles. The zero-order valence-electron chi connectivity index (χ0n) is 21.9. The monoisotopic (exact) mass is 602 g/mol. The van der Waals surface area contributed by atoms with Crippen molar-refractivity contribution in [1.82, 2.24) is 0 Å². The Morgan fingerprint density at radius 2 is 1.11 bits per heavy atom. The van der Waals surface area contributed by atoms with E-state index in [1.807, 2.05) is 0 Å². The van der Waals surface area contributed by atoms with E-state index in [4.69, 9.17) is 17.5 Å². The number of carbonyl (C=O) groups excluding carboxylic acids is 1. The summed E-state index contributed by atoms with van der Waals surface area (Å²) in [7, 11) is -11.4. The fourth-order valence-corrected chi connectivity index (χ4v) is 17.8. The number of carboxylic acids is 1. The van der Waals surface area contributed by atoms with Crippen molar-refractivity contribution in [3.63, 3.8) is 0 Å². The zero-order valence-corrected chi connectivity index (χ0v) is 25.9. The minimum atomic E-state index is -5.80. The zero-order chi connectivity index (χ0) is 29.0. The van der Waals surface area contributed by atoms with Gasteiger partial charge in [0.1, 0.15) is 6.10 Å². The average molecular weight is 603 g/mol. The van der Waals surface area contributed by atoms with Crippen LogP contribution in [0.15, 0.2) is 12.2 Å². The first kappa shape index (κ1) is 35.0. The van der Waals surface area contributed by atoms with Gasteiger partial charge in [-0.3, -0.25) is 0 Å². The Morgan fingerprint density at radius 1 is 0.750 bits per heavy atom. The Bertz CT molecular complexity index is 729. The fraction of sp³-hybridized carbons (Fsp3) is 0.789. The van der Waals surface area contributed by atoms with Crippen molar-refractivity contribution in [2.24, 2.45) is 5.92 Å². The fourth-order valence-electron chi connectivity index (χ4n) is 3.16. The molecule has 17 heteroatoms. The molecule has 0 aliphatic heterocycles. The van der Waals surface area contributed by atoms with E-state index in [2.05, 4.69) is 4.74 Å². The second-order valence-electron chi connectivity index (χ2n) is 11.1. The predicted molar refractivity (Wildman–Crippen MR) is 131 cm³/mol. The van der Waals surface area contributed by atoms with Gasteiger partial charge in [-0.2, -0.15) is 26.3 Å². The summed E-state index contributed by atoms with van der Waals surface area (Å²) < 4.78 is 105. The standard InChI is InChI=1S/C19H36F6O7Si4/c1-33(2,3)30-36(31-34(4,5)6,32-35(7,8)9)13-12-14(29-16(28)11-10-15(26)27)17(18(20,21)22)19(23,24)25/h10-11,14,17H,12-13H2,1-9H3,(H,26,27)/b11-10+. The smallest absolute Gasteiger partial charge is 0.469 e. The van der Waals surface area contributed by atoms with Crippen LogP contribution in [0, 0.1) is 5.92 Å². The highest BCUT2D eigenvalue weighted by atomic mass is 28.5. The Labute approximate surface area is 211 Å². The quantitative estimate of drug-likeness (QED) is 0.117. The van der Waals surface area contributed by atoms with Gasteiger partial charge in [0.15, 0.2) is 30.9 Å². The highest BCUT2D eigenvalue weighted by Gasteiger charge is 2.62. The number of hydrogen-bond donors (Lipinski definition) is 1. The number of halogens is 6. The van der Waals surface area contributed by atoms with Crippen molar-refractivity contribution in [2.75, 3.05) is 0 Å². The lowest BCUT2D eigenvalue weighted by Gasteiger charge is -2.43. The van der Waals surface area contributed by atoms with Crippen molar-refractivity contribution in [2.45, 2.75) is 89.8 Å². The number of esters is 1. The van der Waals surface area contributed by atoms with Gasteiger partial charge in [-0.05, 0) is 65.3 Å². The molecule has 0 radical (unpaired) electrons. The van der Waals surface area contributed by atoms with Crippen LogP contribution >= 0.6 is 0 Å². The number of carboxylic acid groups (broad SMARTS) is 1. The van der Waals surface area contributed by atoms with Crippen LogP contribution in [0.25, 0.3) is 0 Å². The Kier molecular flexibility index (Phi) is 11.9. The molecule has 0 aromatic carbocycles. The number of alkyl halides is 6. The molecule has 0 aliphatic rings. The SMILES string of the molecule is C[Si](C)(C)O[Si](CCC(OC(=O)/C=C/C(=O)O)C(C(F)(F)F)C(F)(F)F)(O[Si](C)(C)C)O[Si](C)(C)C. The molecular formula is C19H36F6O7Si4. The predicted octanol–water partition coefficient (Wildman–Crippen LogP) is 6.16. The molecular weight excluding hydrogens is 567 g/mol. The molecule has 0 heterocycles. The van der Waals surface area contributed by atoms with Crippen LogP contribution in [-0.2, 0) is 26.7 Å². The molecule has 1 atom stereocenters. The third-order valence-corrected chi connectivity index (χ3v) is 15.8. The highest BCUT2D eigenvalue weighted by molar-refractivity contribution is 6.90. The number of ether oxygens (including phenoxy) is 1. The van der Waals surface area contributed by atoms with Crippen LogP contribution in [0.2, 0.25) is 65.0 Å². The number of carbonyl (C=O) groups is 2. The molecule has 0 spiro atoms. The molecule has 0 aliphatic carbocycles. The molecule has 0 rings (SSSR count). The minimum absolute atomic E-state index is 0.250. The number of hydrogen-bond acceptors (Lipinski definition) is 6. The maximum Gasteiger partial charge on any atom is 0.469 e. The summed E-state index contributed by atoms with van der Waals surface area (Å²) in [5.74, 6) is -7.30. The summed E-state index contributed by atoms with van der Waals surface area (Å²) in [5.41, 5.74) is 0. The van der Waals surface area contributed by atoms with Gasteiger partial charge in [-0.25, -0.2) is 9.59 Å². The average Bonchev–Trinajstić information content (AvgIpc) is 2.50. The Hall–Kier alpha value is -0.992. The first-order chi connectivity index (χ1) is 15.7. The summed E-state index contributed by atoms with van der Waals surface area (Å²) in [5, 5.41) is 8.61. The van der Waals surface area contributed by atoms with Crippen molar-refractivity contribution in [3.8, 4) is 0 Å². The summed E-state index contributed by atoms with van der Waals surface area (Å²) in [6, 6.07) is -0.463. The lowest BCUT2D eigenvalue weighted by Crippen LogP contribution is -2.61. The second-order valence-corrected chi connectivity index (χ2v) is 28.1. The topological polar surface area (TPSA) is 91.3 Å². The van der Waals surface area contributed by atoms with E-state index in [-0.39, 0.29) is 12.2 Å². The number of rotatable bonds is 13. The Balaban J connectivity index is 6.59. The van der Waals surface area contributed by atoms with Crippen LogP contribution in [0.4, 0.5) is 26.3 Å². The molecule has 0 aromatic heterocycles. The third kappa shape index (κ3) is 14.7. The van der Waals surface area contributed by atoms with Crippen molar-refractivity contribution in [3.05, 3.63) is 12.2 Å². The van der Waals surface area contributed by atoms with Crippen molar-refractivity contribution in [1.29, 1.82) is 0 Å². The molecule has 212 valence electrons. The maximum atomic E-state index is 13.6. The van der Waals surface area contributed by atoms with E-state index < -0.39 is 82.5 Å².